The maximum atomic E-state index is 12.6. The third kappa shape index (κ3) is 4.71. The summed E-state index contributed by atoms with van der Waals surface area (Å²) in [5, 5.41) is 2.94. The van der Waals surface area contributed by atoms with Gasteiger partial charge in [0, 0.05) is 13.1 Å². The van der Waals surface area contributed by atoms with Crippen molar-refractivity contribution in [2.24, 2.45) is 0 Å². The first-order chi connectivity index (χ1) is 9.97. The summed E-state index contributed by atoms with van der Waals surface area (Å²) < 4.78 is 42.4. The van der Waals surface area contributed by atoms with Crippen molar-refractivity contribution in [2.75, 3.05) is 26.2 Å². The fraction of sp³-hybridized carbons (Fsp3) is 0.500. The van der Waals surface area contributed by atoms with Crippen molar-refractivity contribution in [3.63, 3.8) is 0 Å². The Bertz CT molecular complexity index is 465. The summed E-state index contributed by atoms with van der Waals surface area (Å²) >= 11 is 0. The predicted octanol–water partition coefficient (Wildman–Crippen LogP) is 1.57. The van der Waals surface area contributed by atoms with Gasteiger partial charge in [0.1, 0.15) is 0 Å². The monoisotopic (exact) mass is 302 g/mol. The van der Waals surface area contributed by atoms with E-state index in [9.17, 15) is 18.0 Å². The minimum atomic E-state index is -4.43. The van der Waals surface area contributed by atoms with Crippen LogP contribution in [0.4, 0.5) is 13.2 Å². The third-order valence-electron chi connectivity index (χ3n) is 3.23. The smallest absolute Gasteiger partial charge is 0.365 e. The number of hydrogen-bond acceptors (Lipinski definition) is 3. The Balaban J connectivity index is 1.78. The minimum Gasteiger partial charge on any atom is -0.365 e. The number of halogens is 3. The molecule has 1 aromatic rings. The third-order valence-corrected chi connectivity index (χ3v) is 3.23. The SMILES string of the molecule is O=C(CNCc1ccccc1)N1CCO[C@H](C(F)(F)F)C1. The fourth-order valence-corrected chi connectivity index (χ4v) is 2.10. The number of rotatable bonds is 4. The van der Waals surface area contributed by atoms with E-state index in [-0.39, 0.29) is 25.6 Å². The molecular weight excluding hydrogens is 285 g/mol. The van der Waals surface area contributed by atoms with E-state index in [1.165, 1.54) is 4.90 Å². The lowest BCUT2D eigenvalue weighted by atomic mass is 10.2. The van der Waals surface area contributed by atoms with Crippen LogP contribution < -0.4 is 5.32 Å². The molecule has 0 unspecified atom stereocenters. The van der Waals surface area contributed by atoms with E-state index in [4.69, 9.17) is 0 Å². The maximum Gasteiger partial charge on any atom is 0.416 e. The molecule has 1 N–H and O–H groups in total. The zero-order chi connectivity index (χ0) is 15.3. The van der Waals surface area contributed by atoms with E-state index in [0.717, 1.165) is 5.56 Å². The van der Waals surface area contributed by atoms with Gasteiger partial charge in [0.05, 0.1) is 19.7 Å². The summed E-state index contributed by atoms with van der Waals surface area (Å²) in [6, 6.07) is 9.47. The first-order valence-electron chi connectivity index (χ1n) is 6.67. The Kier molecular flexibility index (Phi) is 5.19. The van der Waals surface area contributed by atoms with Crippen molar-refractivity contribution >= 4 is 5.91 Å². The molecule has 0 radical (unpaired) electrons. The van der Waals surface area contributed by atoms with Crippen molar-refractivity contribution in [1.82, 2.24) is 10.2 Å². The van der Waals surface area contributed by atoms with E-state index < -0.39 is 18.8 Å². The minimum absolute atomic E-state index is 0.0134. The number of amides is 1. The second-order valence-corrected chi connectivity index (χ2v) is 4.83. The Morgan fingerprint density at radius 3 is 2.71 bits per heavy atom. The largest absolute Gasteiger partial charge is 0.416 e. The highest BCUT2D eigenvalue weighted by molar-refractivity contribution is 5.78. The summed E-state index contributed by atoms with van der Waals surface area (Å²) in [6.07, 6.45) is -6.32. The summed E-state index contributed by atoms with van der Waals surface area (Å²) in [5.74, 6) is -0.344. The molecule has 21 heavy (non-hydrogen) atoms. The molecule has 1 fully saturated rings. The standard InChI is InChI=1S/C14H17F3N2O2/c15-14(16,17)12-10-19(6-7-21-12)13(20)9-18-8-11-4-2-1-3-5-11/h1-5,12,18H,6-10H2/t12-/m0/s1. The van der Waals surface area contributed by atoms with Crippen molar-refractivity contribution in [3.05, 3.63) is 35.9 Å². The van der Waals surface area contributed by atoms with E-state index in [1.54, 1.807) is 0 Å². The Morgan fingerprint density at radius 2 is 2.05 bits per heavy atom. The molecular formula is C14H17F3N2O2. The van der Waals surface area contributed by atoms with E-state index in [0.29, 0.717) is 6.54 Å². The maximum absolute atomic E-state index is 12.6. The Morgan fingerprint density at radius 1 is 1.33 bits per heavy atom. The van der Waals surface area contributed by atoms with Gasteiger partial charge >= 0.3 is 6.18 Å². The van der Waals surface area contributed by atoms with Crippen LogP contribution in [0.15, 0.2) is 30.3 Å². The first kappa shape index (κ1) is 15.8. The van der Waals surface area contributed by atoms with Crippen LogP contribution in [-0.2, 0) is 16.1 Å². The van der Waals surface area contributed by atoms with Gasteiger partial charge in [-0.2, -0.15) is 13.2 Å². The number of benzene rings is 1. The molecule has 1 heterocycles. The highest BCUT2D eigenvalue weighted by Crippen LogP contribution is 2.25. The number of carbonyl (C=O) groups excluding carboxylic acids is 1. The molecule has 0 spiro atoms. The molecule has 7 heteroatoms. The van der Waals surface area contributed by atoms with Crippen LogP contribution in [0.25, 0.3) is 0 Å². The van der Waals surface area contributed by atoms with Gasteiger partial charge in [-0.15, -0.1) is 0 Å². The molecule has 0 aromatic heterocycles. The molecule has 0 saturated carbocycles. The highest BCUT2D eigenvalue weighted by Gasteiger charge is 2.44. The number of ether oxygens (including phenoxy) is 1. The van der Waals surface area contributed by atoms with E-state index >= 15 is 0 Å². The van der Waals surface area contributed by atoms with Crippen LogP contribution in [-0.4, -0.2) is 49.3 Å². The Hall–Kier alpha value is -1.60. The summed E-state index contributed by atoms with van der Waals surface area (Å²) in [7, 11) is 0. The molecule has 1 saturated heterocycles. The molecule has 0 bridgehead atoms. The fourth-order valence-electron chi connectivity index (χ4n) is 2.10. The normalized spacial score (nSPS) is 19.6. The number of nitrogens with one attached hydrogen (secondary N) is 1. The number of nitrogens with zero attached hydrogens (tertiary/aromatic N) is 1. The summed E-state index contributed by atoms with van der Waals surface area (Å²) in [4.78, 5) is 13.1. The van der Waals surface area contributed by atoms with Crippen molar-refractivity contribution in [1.29, 1.82) is 0 Å². The van der Waals surface area contributed by atoms with Gasteiger partial charge in [-0.05, 0) is 5.56 Å². The number of hydrogen-bond donors (Lipinski definition) is 1. The number of alkyl halides is 3. The van der Waals surface area contributed by atoms with Crippen LogP contribution in [0, 0.1) is 0 Å². The molecule has 1 atom stereocenters. The summed E-state index contributed by atoms with van der Waals surface area (Å²) in [6.45, 7) is 0.182. The van der Waals surface area contributed by atoms with Crippen LogP contribution in [0.2, 0.25) is 0 Å². The molecule has 1 aliphatic heterocycles. The average Bonchev–Trinajstić information content (AvgIpc) is 2.47. The van der Waals surface area contributed by atoms with E-state index in [2.05, 4.69) is 10.1 Å². The lowest BCUT2D eigenvalue weighted by Gasteiger charge is -2.33. The van der Waals surface area contributed by atoms with Crippen molar-refractivity contribution in [2.45, 2.75) is 18.8 Å². The molecule has 2 rings (SSSR count). The van der Waals surface area contributed by atoms with Gasteiger partial charge in [-0.25, -0.2) is 0 Å². The average molecular weight is 302 g/mol. The molecule has 1 aliphatic rings. The van der Waals surface area contributed by atoms with Gasteiger partial charge < -0.3 is 15.0 Å². The lowest BCUT2D eigenvalue weighted by Crippen LogP contribution is -2.52. The topological polar surface area (TPSA) is 41.6 Å². The van der Waals surface area contributed by atoms with Crippen molar-refractivity contribution in [3.8, 4) is 0 Å². The molecule has 116 valence electrons. The van der Waals surface area contributed by atoms with Crippen molar-refractivity contribution < 1.29 is 22.7 Å². The van der Waals surface area contributed by atoms with Gasteiger partial charge in [-0.1, -0.05) is 30.3 Å². The predicted molar refractivity (Wildman–Crippen MR) is 70.5 cm³/mol. The highest BCUT2D eigenvalue weighted by atomic mass is 19.4. The van der Waals surface area contributed by atoms with Crippen LogP contribution in [0.3, 0.4) is 0 Å². The first-order valence-corrected chi connectivity index (χ1v) is 6.67. The second-order valence-electron chi connectivity index (χ2n) is 4.83. The molecule has 4 nitrogen and oxygen atoms in total. The molecule has 0 aliphatic carbocycles. The zero-order valence-corrected chi connectivity index (χ0v) is 11.4. The van der Waals surface area contributed by atoms with Gasteiger partial charge in [0.2, 0.25) is 5.91 Å². The molecule has 1 amide bonds. The lowest BCUT2D eigenvalue weighted by molar-refractivity contribution is -0.236. The number of morpholine rings is 1. The van der Waals surface area contributed by atoms with Crippen LogP contribution in [0.5, 0.6) is 0 Å². The van der Waals surface area contributed by atoms with E-state index in [1.807, 2.05) is 30.3 Å². The van der Waals surface area contributed by atoms with Crippen LogP contribution >= 0.6 is 0 Å². The quantitative estimate of drug-likeness (QED) is 0.918. The Labute approximate surface area is 120 Å². The van der Waals surface area contributed by atoms with Crippen LogP contribution in [0.1, 0.15) is 5.56 Å². The summed E-state index contributed by atoms with van der Waals surface area (Å²) in [5.41, 5.74) is 1.01. The second kappa shape index (κ2) is 6.91. The zero-order valence-electron chi connectivity index (χ0n) is 11.4. The number of carbonyl (C=O) groups is 1. The molecule has 1 aromatic carbocycles. The van der Waals surface area contributed by atoms with Gasteiger partial charge in [-0.3, -0.25) is 4.79 Å². The van der Waals surface area contributed by atoms with Gasteiger partial charge in [0.15, 0.2) is 6.10 Å². The van der Waals surface area contributed by atoms with Gasteiger partial charge in [0.25, 0.3) is 0 Å².